The summed E-state index contributed by atoms with van der Waals surface area (Å²) in [6, 6.07) is 22.0. The van der Waals surface area contributed by atoms with Crippen molar-refractivity contribution in [1.29, 1.82) is 0 Å². The summed E-state index contributed by atoms with van der Waals surface area (Å²) in [5, 5.41) is 2.60. The van der Waals surface area contributed by atoms with E-state index in [9.17, 15) is 21.1 Å². The average molecular weight is 836 g/mol. The first kappa shape index (κ1) is 33.5. The SMILES string of the molecule is [2H]c1nc(=N[C@@]([2H])(CC)c2nc3cccc(F)c3c(=O)n2-c2ccccc2)c2[nH]cnc2[nH]1.[2H]c1nc(N[C@@]([2H])(CC)c2nc3cccc(F)c3c(=O)n2-c2ccccc2)c2nc([2H])[nH]c2n1. The van der Waals surface area contributed by atoms with Crippen molar-refractivity contribution in [3.63, 3.8) is 0 Å². The molecule has 0 aliphatic carbocycles. The van der Waals surface area contributed by atoms with Gasteiger partial charge in [-0.3, -0.25) is 23.7 Å². The Morgan fingerprint density at radius 2 is 1.29 bits per heavy atom. The van der Waals surface area contributed by atoms with Crippen LogP contribution in [0.1, 0.15) is 57.2 Å². The molecular weight excluding hydrogens is 795 g/mol. The molecule has 0 spiro atoms. The second-order valence-corrected chi connectivity index (χ2v) is 13.5. The van der Waals surface area contributed by atoms with E-state index in [-0.39, 0.29) is 87.7 Å². The van der Waals surface area contributed by atoms with Gasteiger partial charge >= 0.3 is 0 Å². The van der Waals surface area contributed by atoms with Crippen LogP contribution in [0, 0.1) is 11.6 Å². The summed E-state index contributed by atoms with van der Waals surface area (Å²) < 4.78 is 73.7. The number of fused-ring (bicyclic) bond motifs is 4. The lowest BCUT2D eigenvalue weighted by Crippen LogP contribution is -2.28. The number of nitrogens with one attached hydrogen (secondary N) is 4. The van der Waals surface area contributed by atoms with Crippen LogP contribution in [0.2, 0.25) is 0 Å². The normalized spacial score (nSPS) is 14.9. The predicted octanol–water partition coefficient (Wildman–Crippen LogP) is 6.93. The van der Waals surface area contributed by atoms with Gasteiger partial charge in [0.15, 0.2) is 22.6 Å². The summed E-state index contributed by atoms with van der Waals surface area (Å²) in [4.78, 5) is 69.1. The minimum Gasteiger partial charge on any atom is -0.358 e. The fourth-order valence-corrected chi connectivity index (χ4v) is 6.86. The molecule has 2 atom stereocenters. The van der Waals surface area contributed by atoms with E-state index in [4.69, 9.17) is 4.11 Å². The lowest BCUT2D eigenvalue weighted by Gasteiger charge is -2.22. The van der Waals surface area contributed by atoms with E-state index in [1.165, 1.54) is 51.9 Å². The largest absolute Gasteiger partial charge is 0.358 e. The molecule has 6 heterocycles. The molecule has 4 N–H and O–H groups in total. The molecule has 10 rings (SSSR count). The zero-order valence-corrected chi connectivity index (χ0v) is 32.8. The topological polar surface area (TPSA) is 206 Å². The van der Waals surface area contributed by atoms with Crippen molar-refractivity contribution >= 4 is 50.0 Å². The van der Waals surface area contributed by atoms with Gasteiger partial charge in [0.1, 0.15) is 61.5 Å². The molecule has 0 saturated heterocycles. The number of aromatic amines is 3. The van der Waals surface area contributed by atoms with Gasteiger partial charge in [-0.1, -0.05) is 62.4 Å². The summed E-state index contributed by atoms with van der Waals surface area (Å²) in [6.07, 6.45) is 0.966. The molecule has 0 saturated carbocycles. The van der Waals surface area contributed by atoms with Crippen molar-refractivity contribution in [2.24, 2.45) is 4.99 Å². The highest BCUT2D eigenvalue weighted by molar-refractivity contribution is 5.83. The van der Waals surface area contributed by atoms with Crippen LogP contribution in [-0.2, 0) is 0 Å². The number of anilines is 1. The Labute approximate surface area is 356 Å². The summed E-state index contributed by atoms with van der Waals surface area (Å²) in [7, 11) is 0. The maximum absolute atomic E-state index is 14.6. The van der Waals surface area contributed by atoms with Crippen LogP contribution in [-0.4, -0.2) is 59.0 Å². The smallest absolute Gasteiger partial charge is 0.269 e. The fraction of sp³-hybridized carbons (Fsp3) is 0.136. The first-order valence-electron chi connectivity index (χ1n) is 21.7. The van der Waals surface area contributed by atoms with Crippen LogP contribution < -0.4 is 21.9 Å². The lowest BCUT2D eigenvalue weighted by atomic mass is 10.1. The van der Waals surface area contributed by atoms with Gasteiger partial charge in [0, 0.05) is 0 Å². The third-order valence-corrected chi connectivity index (χ3v) is 9.76. The molecule has 18 heteroatoms. The summed E-state index contributed by atoms with van der Waals surface area (Å²) in [5.74, 6) is -1.35. The molecule has 62 heavy (non-hydrogen) atoms. The number of H-pyrrole nitrogens is 3. The molecule has 0 fully saturated rings. The Morgan fingerprint density at radius 3 is 1.92 bits per heavy atom. The van der Waals surface area contributed by atoms with E-state index < -0.39 is 34.8 Å². The van der Waals surface area contributed by atoms with E-state index in [1.54, 1.807) is 74.5 Å². The van der Waals surface area contributed by atoms with E-state index in [0.29, 0.717) is 22.5 Å². The van der Waals surface area contributed by atoms with Gasteiger partial charge in [0.05, 0.1) is 50.1 Å². The first-order valence-corrected chi connectivity index (χ1v) is 19.2. The summed E-state index contributed by atoms with van der Waals surface area (Å²) in [6.45, 7) is 3.45. The molecule has 4 aromatic carbocycles. The predicted molar refractivity (Wildman–Crippen MR) is 230 cm³/mol. The number of hydrogen-bond donors (Lipinski definition) is 4. The number of rotatable bonds is 9. The number of nitrogens with zero attached hydrogens (tertiary/aromatic N) is 10. The van der Waals surface area contributed by atoms with Crippen molar-refractivity contribution < 1.29 is 15.6 Å². The van der Waals surface area contributed by atoms with Crippen LogP contribution in [0.15, 0.2) is 137 Å². The summed E-state index contributed by atoms with van der Waals surface area (Å²) >= 11 is 0. The quantitative estimate of drug-likeness (QED) is 0.118. The van der Waals surface area contributed by atoms with Gasteiger partial charge in [0.25, 0.3) is 11.1 Å². The van der Waals surface area contributed by atoms with Gasteiger partial charge in [-0.15, -0.1) is 0 Å². The maximum atomic E-state index is 14.6. The molecule has 0 unspecified atom stereocenters. The zero-order chi connectivity index (χ0) is 47.2. The average Bonchev–Trinajstić information content (AvgIpc) is 3.95. The molecule has 308 valence electrons. The minimum absolute atomic E-state index is 0.00391. The molecule has 6 aromatic heterocycles. The number of hydrogen-bond acceptors (Lipinski definition) is 11. The highest BCUT2D eigenvalue weighted by atomic mass is 19.1. The fourth-order valence-electron chi connectivity index (χ4n) is 6.86. The van der Waals surface area contributed by atoms with Crippen LogP contribution in [0.5, 0.6) is 0 Å². The van der Waals surface area contributed by atoms with Gasteiger partial charge in [-0.05, 0) is 61.4 Å². The first-order chi connectivity index (χ1) is 32.2. The standard InChI is InChI=1S/2C22H18FN7O/c2*1-2-15(28-20-18-19(25-11-24-18)26-12-27-20)21-29-16-10-6-9-14(23)17(16)22(31)30(21)13-7-4-3-5-8-13/h2*3-12,15H,2H2,1H3,(H2,24,25,26,27,28)/t2*15-/m00/s1/i11D,12D,15D;12D,15D. The summed E-state index contributed by atoms with van der Waals surface area (Å²) in [5.41, 5.74) is 0.985. The highest BCUT2D eigenvalue weighted by Gasteiger charge is 2.24. The molecule has 0 aliphatic heterocycles. The van der Waals surface area contributed by atoms with Crippen LogP contribution >= 0.6 is 0 Å². The molecule has 0 amide bonds. The molecule has 0 bridgehead atoms. The van der Waals surface area contributed by atoms with E-state index in [2.05, 4.69) is 60.1 Å². The van der Waals surface area contributed by atoms with Crippen LogP contribution in [0.25, 0.3) is 55.5 Å². The van der Waals surface area contributed by atoms with Crippen molar-refractivity contribution in [2.75, 3.05) is 5.32 Å². The molecule has 0 aliphatic rings. The molecular formula is C44H36F2N14O2. The van der Waals surface area contributed by atoms with E-state index in [0.717, 1.165) is 0 Å². The Balaban J connectivity index is 0.000000168. The van der Waals surface area contributed by atoms with E-state index >= 15 is 0 Å². The van der Waals surface area contributed by atoms with Crippen molar-refractivity contribution in [3.8, 4) is 11.4 Å². The van der Waals surface area contributed by atoms with Crippen molar-refractivity contribution in [2.45, 2.75) is 38.7 Å². The Hall–Kier alpha value is -8.28. The third-order valence-electron chi connectivity index (χ3n) is 9.76. The lowest BCUT2D eigenvalue weighted by molar-refractivity contribution is 0.603. The zero-order valence-electron chi connectivity index (χ0n) is 37.8. The Kier molecular flexibility index (Phi) is 9.07. The van der Waals surface area contributed by atoms with Crippen LogP contribution in [0.4, 0.5) is 14.6 Å². The number of para-hydroxylation sites is 2. The molecule has 0 radical (unpaired) electrons. The Morgan fingerprint density at radius 1 is 0.694 bits per heavy atom. The van der Waals surface area contributed by atoms with E-state index in [1.807, 2.05) is 0 Å². The van der Waals surface area contributed by atoms with Crippen LogP contribution in [0.3, 0.4) is 0 Å². The van der Waals surface area contributed by atoms with Gasteiger partial charge in [-0.25, -0.2) is 43.7 Å². The van der Waals surface area contributed by atoms with Crippen molar-refractivity contribution in [1.82, 2.24) is 59.0 Å². The van der Waals surface area contributed by atoms with Gasteiger partial charge < -0.3 is 20.3 Å². The monoisotopic (exact) mass is 835 g/mol. The number of aromatic nitrogens is 12. The highest BCUT2D eigenvalue weighted by Crippen LogP contribution is 2.27. The second kappa shape index (κ2) is 16.8. The number of benzene rings is 4. The number of halogens is 2. The second-order valence-electron chi connectivity index (χ2n) is 13.5. The molecule has 10 aromatic rings. The number of imidazole rings is 2. The third kappa shape index (κ3) is 7.22. The minimum atomic E-state index is -1.78. The van der Waals surface area contributed by atoms with Gasteiger partial charge in [-0.2, -0.15) is 0 Å². The molecule has 16 nitrogen and oxygen atoms in total. The maximum Gasteiger partial charge on any atom is 0.269 e. The van der Waals surface area contributed by atoms with Gasteiger partial charge in [0.2, 0.25) is 0 Å². The van der Waals surface area contributed by atoms with Crippen molar-refractivity contribution in [3.05, 3.63) is 172 Å². The Bertz CT molecular complexity index is 3720.